The van der Waals surface area contributed by atoms with Crippen LogP contribution in [0.1, 0.15) is 73.4 Å². The Morgan fingerprint density at radius 1 is 1.02 bits per heavy atom. The number of nitrogens with one attached hydrogen (secondary N) is 1. The zero-order valence-electron chi connectivity index (χ0n) is 24.0. The number of likely N-dealkylation sites (tertiary alicyclic amines) is 1. The number of rotatable bonds is 7. The third-order valence-electron chi connectivity index (χ3n) is 9.26. The van der Waals surface area contributed by atoms with Gasteiger partial charge in [-0.15, -0.1) is 0 Å². The van der Waals surface area contributed by atoms with E-state index in [0.29, 0.717) is 23.0 Å². The van der Waals surface area contributed by atoms with Gasteiger partial charge in [0.05, 0.1) is 23.8 Å². The Morgan fingerprint density at radius 3 is 2.40 bits per heavy atom. The molecule has 0 radical (unpaired) electrons. The molecule has 2 aromatic carbocycles. The molecule has 5 rings (SSSR count). The van der Waals surface area contributed by atoms with Gasteiger partial charge in [-0.1, -0.05) is 6.92 Å². The maximum absolute atomic E-state index is 13.0. The minimum atomic E-state index is -0.110. The van der Waals surface area contributed by atoms with Gasteiger partial charge in [-0.05, 0) is 112 Å². The lowest BCUT2D eigenvalue weighted by molar-refractivity contribution is 0.0667. The van der Waals surface area contributed by atoms with Crippen molar-refractivity contribution in [2.24, 2.45) is 11.8 Å². The number of piperidine rings is 2. The summed E-state index contributed by atoms with van der Waals surface area (Å²) >= 11 is 0. The molecule has 0 spiro atoms. The average Bonchev–Trinajstić information content (AvgIpc) is 2.96. The molecule has 0 bridgehead atoms. The number of hydrogen-bond acceptors (Lipinski definition) is 6. The molecule has 2 aromatic rings. The Kier molecular flexibility index (Phi) is 9.29. The molecule has 3 fully saturated rings. The van der Waals surface area contributed by atoms with Crippen molar-refractivity contribution in [1.29, 1.82) is 5.26 Å². The molecule has 0 aromatic heterocycles. The molecule has 2 unspecified atom stereocenters. The van der Waals surface area contributed by atoms with Gasteiger partial charge in [-0.3, -0.25) is 4.79 Å². The van der Waals surface area contributed by atoms with Crippen LogP contribution >= 0.6 is 0 Å². The van der Waals surface area contributed by atoms with Crippen molar-refractivity contribution >= 4 is 11.6 Å². The molecule has 3 aliphatic rings. The predicted octanol–water partition coefficient (Wildman–Crippen LogP) is 4.91. The smallest absolute Gasteiger partial charge is 0.251 e. The molecular formula is C33H44N4O3. The van der Waals surface area contributed by atoms with E-state index in [0.717, 1.165) is 82.6 Å². The highest BCUT2D eigenvalue weighted by Gasteiger charge is 2.29. The van der Waals surface area contributed by atoms with E-state index in [1.807, 2.05) is 37.3 Å². The fraction of sp³-hybridized carbons (Fsp3) is 0.576. The third kappa shape index (κ3) is 7.16. The highest BCUT2D eigenvalue weighted by atomic mass is 16.5. The third-order valence-corrected chi connectivity index (χ3v) is 9.26. The molecule has 7 nitrogen and oxygen atoms in total. The number of aliphatic hydroxyl groups excluding tert-OH is 1. The molecule has 2 atom stereocenters. The van der Waals surface area contributed by atoms with Crippen LogP contribution in [0.3, 0.4) is 0 Å². The van der Waals surface area contributed by atoms with E-state index in [2.05, 4.69) is 40.2 Å². The summed E-state index contributed by atoms with van der Waals surface area (Å²) in [6, 6.07) is 16.1. The van der Waals surface area contributed by atoms with Crippen LogP contribution in [0.25, 0.3) is 0 Å². The maximum Gasteiger partial charge on any atom is 0.251 e. The Morgan fingerprint density at radius 2 is 1.75 bits per heavy atom. The number of hydrogen-bond donors (Lipinski definition) is 2. The Labute approximate surface area is 239 Å². The summed E-state index contributed by atoms with van der Waals surface area (Å²) in [6.07, 6.45) is 6.61. The normalized spacial score (nSPS) is 26.2. The van der Waals surface area contributed by atoms with Gasteiger partial charge in [0.1, 0.15) is 5.75 Å². The van der Waals surface area contributed by atoms with Crippen molar-refractivity contribution in [3.05, 3.63) is 59.2 Å². The highest BCUT2D eigenvalue weighted by Crippen LogP contribution is 2.30. The molecule has 2 heterocycles. The number of carbonyl (C=O) groups is 1. The number of carbonyl (C=O) groups excluding carboxylic acids is 1. The summed E-state index contributed by atoms with van der Waals surface area (Å²) in [5.41, 5.74) is 3.52. The van der Waals surface area contributed by atoms with Crippen molar-refractivity contribution in [2.75, 3.05) is 37.6 Å². The van der Waals surface area contributed by atoms with Gasteiger partial charge in [0, 0.05) is 50.0 Å². The van der Waals surface area contributed by atoms with Crippen LogP contribution < -0.4 is 15.0 Å². The first kappa shape index (κ1) is 28.4. The van der Waals surface area contributed by atoms with E-state index in [1.54, 1.807) is 0 Å². The number of aryl methyl sites for hydroxylation is 1. The van der Waals surface area contributed by atoms with Gasteiger partial charge >= 0.3 is 0 Å². The second-order valence-electron chi connectivity index (χ2n) is 12.2. The van der Waals surface area contributed by atoms with Crippen molar-refractivity contribution in [1.82, 2.24) is 10.2 Å². The minimum Gasteiger partial charge on any atom is -0.490 e. The van der Waals surface area contributed by atoms with E-state index in [9.17, 15) is 9.90 Å². The molecule has 1 aliphatic carbocycles. The van der Waals surface area contributed by atoms with Gasteiger partial charge in [-0.25, -0.2) is 0 Å². The summed E-state index contributed by atoms with van der Waals surface area (Å²) in [7, 11) is 0. The fourth-order valence-corrected chi connectivity index (χ4v) is 6.58. The van der Waals surface area contributed by atoms with Gasteiger partial charge < -0.3 is 25.0 Å². The van der Waals surface area contributed by atoms with Crippen LogP contribution in [0.4, 0.5) is 5.69 Å². The van der Waals surface area contributed by atoms with E-state index >= 15 is 0 Å². The fourth-order valence-electron chi connectivity index (χ4n) is 6.58. The average molecular weight is 545 g/mol. The largest absolute Gasteiger partial charge is 0.490 e. The Bertz CT molecular complexity index is 1180. The van der Waals surface area contributed by atoms with Gasteiger partial charge in [0.25, 0.3) is 5.91 Å². The molecule has 2 saturated heterocycles. The quantitative estimate of drug-likeness (QED) is 0.515. The van der Waals surface area contributed by atoms with Gasteiger partial charge in [-0.2, -0.15) is 5.26 Å². The molecule has 7 heteroatoms. The minimum absolute atomic E-state index is 0.00244. The Hall–Kier alpha value is -3.08. The van der Waals surface area contributed by atoms with Crippen molar-refractivity contribution < 1.29 is 14.6 Å². The lowest BCUT2D eigenvalue weighted by Crippen LogP contribution is -2.46. The molecule has 214 valence electrons. The monoisotopic (exact) mass is 544 g/mol. The lowest BCUT2D eigenvalue weighted by atomic mass is 9.85. The zero-order valence-corrected chi connectivity index (χ0v) is 24.0. The number of anilines is 1. The summed E-state index contributed by atoms with van der Waals surface area (Å²) in [6.45, 7) is 9.56. The van der Waals surface area contributed by atoms with Gasteiger partial charge in [0.2, 0.25) is 0 Å². The molecule has 2 N–H and O–H groups in total. The maximum atomic E-state index is 13.0. The van der Waals surface area contributed by atoms with Gasteiger partial charge in [0.15, 0.2) is 0 Å². The van der Waals surface area contributed by atoms with Crippen molar-refractivity contribution in [2.45, 2.75) is 77.0 Å². The summed E-state index contributed by atoms with van der Waals surface area (Å²) in [4.78, 5) is 18.0. The van der Waals surface area contributed by atoms with Crippen LogP contribution in [0.2, 0.25) is 0 Å². The first-order valence-electron chi connectivity index (χ1n) is 15.1. The van der Waals surface area contributed by atoms with Crippen LogP contribution in [0.5, 0.6) is 5.75 Å². The Balaban J connectivity index is 1.05. The zero-order chi connectivity index (χ0) is 28.1. The highest BCUT2D eigenvalue weighted by molar-refractivity contribution is 5.94. The molecule has 1 saturated carbocycles. The summed E-state index contributed by atoms with van der Waals surface area (Å²) in [5, 5.41) is 22.1. The first-order chi connectivity index (χ1) is 19.4. The molecular weight excluding hydrogens is 500 g/mol. The number of benzene rings is 2. The second kappa shape index (κ2) is 13.1. The molecule has 2 aliphatic heterocycles. The van der Waals surface area contributed by atoms with Crippen molar-refractivity contribution in [3.63, 3.8) is 0 Å². The number of amides is 1. The predicted molar refractivity (Wildman–Crippen MR) is 158 cm³/mol. The molecule has 1 amide bonds. The van der Waals surface area contributed by atoms with Crippen LogP contribution in [-0.4, -0.2) is 66.9 Å². The summed E-state index contributed by atoms with van der Waals surface area (Å²) in [5.74, 6) is 2.12. The second-order valence-corrected chi connectivity index (χ2v) is 12.2. The number of nitrogens with zero attached hydrogens (tertiary/aromatic N) is 3. The van der Waals surface area contributed by atoms with E-state index < -0.39 is 0 Å². The van der Waals surface area contributed by atoms with E-state index in [-0.39, 0.29) is 24.2 Å². The number of ether oxygens (including phenoxy) is 1. The summed E-state index contributed by atoms with van der Waals surface area (Å²) < 4.78 is 6.16. The first-order valence-corrected chi connectivity index (χ1v) is 15.1. The van der Waals surface area contributed by atoms with E-state index in [1.165, 1.54) is 12.1 Å². The number of aliphatic hydroxyl groups is 1. The number of nitriles is 1. The SMILES string of the molecule is Cc1cc(OC2CCC(NC(=O)c3ccc(N4CCC(CN5CCC(O)CC5)C(C)C4)cc3)CC2)ccc1C#N. The van der Waals surface area contributed by atoms with Crippen LogP contribution in [0.15, 0.2) is 42.5 Å². The molecule has 40 heavy (non-hydrogen) atoms. The topological polar surface area (TPSA) is 88.8 Å². The van der Waals surface area contributed by atoms with Crippen LogP contribution in [0, 0.1) is 30.1 Å². The van der Waals surface area contributed by atoms with Crippen molar-refractivity contribution in [3.8, 4) is 11.8 Å². The lowest BCUT2D eigenvalue weighted by Gasteiger charge is -2.41. The standard InChI is InChI=1S/C33H44N4O3/c1-23-19-32(10-5-26(23)20-34)40-31-11-6-28(7-12-31)35-33(39)25-3-8-29(9-4-25)37-18-13-27(24(2)21-37)22-36-16-14-30(38)15-17-36/h3-5,8-10,19,24,27-28,30-31,38H,6-7,11-18,21-22H2,1-2H3,(H,35,39). The van der Waals surface area contributed by atoms with Crippen LogP contribution in [-0.2, 0) is 0 Å². The van der Waals surface area contributed by atoms with E-state index in [4.69, 9.17) is 10.00 Å².